The summed E-state index contributed by atoms with van der Waals surface area (Å²) in [6.45, 7) is 4.27. The van der Waals surface area contributed by atoms with E-state index >= 15 is 0 Å². The molecule has 1 aromatic heterocycles. The number of alkyl halides is 1. The molecule has 0 fully saturated rings. The molecule has 5 heteroatoms. The molecule has 0 aliphatic heterocycles. The smallest absolute Gasteiger partial charge is 0.295 e. The van der Waals surface area contributed by atoms with Crippen molar-refractivity contribution in [3.63, 3.8) is 0 Å². The topological polar surface area (TPSA) is 26.9 Å². The number of rotatable bonds is 3. The minimum Gasteiger partial charge on any atom is -0.295 e. The number of hydrogen-bond acceptors (Lipinski definition) is 1. The lowest BCUT2D eigenvalue weighted by Gasteiger charge is -2.18. The minimum atomic E-state index is -0.0564. The summed E-state index contributed by atoms with van der Waals surface area (Å²) in [5, 5.41) is -0.0564. The normalized spacial score (nSPS) is 14.8. The van der Waals surface area contributed by atoms with E-state index in [9.17, 15) is 4.79 Å². The van der Waals surface area contributed by atoms with Crippen LogP contribution >= 0.6 is 27.5 Å². The second-order valence-electron chi connectivity index (χ2n) is 5.05. The van der Waals surface area contributed by atoms with Crippen LogP contribution in [0.1, 0.15) is 31.2 Å². The lowest BCUT2D eigenvalue weighted by Crippen LogP contribution is -2.19. The molecule has 104 valence electrons. The SMILES string of the molecule is CCC(C)C(Cl)c1cc2c(cc1Br)n(C)c(=O)n2C. The van der Waals surface area contributed by atoms with Crippen molar-refractivity contribution in [3.8, 4) is 0 Å². The summed E-state index contributed by atoms with van der Waals surface area (Å²) < 4.78 is 4.27. The minimum absolute atomic E-state index is 0.0197. The lowest BCUT2D eigenvalue weighted by atomic mass is 9.98. The van der Waals surface area contributed by atoms with E-state index in [-0.39, 0.29) is 11.1 Å². The summed E-state index contributed by atoms with van der Waals surface area (Å²) in [7, 11) is 3.57. The summed E-state index contributed by atoms with van der Waals surface area (Å²) >= 11 is 10.1. The number of nitrogens with zero attached hydrogens (tertiary/aromatic N) is 2. The maximum Gasteiger partial charge on any atom is 0.328 e. The molecule has 0 aliphatic carbocycles. The van der Waals surface area contributed by atoms with Crippen molar-refractivity contribution in [2.45, 2.75) is 25.6 Å². The van der Waals surface area contributed by atoms with Gasteiger partial charge >= 0.3 is 5.69 Å². The van der Waals surface area contributed by atoms with Crippen LogP contribution in [0.3, 0.4) is 0 Å². The summed E-state index contributed by atoms with van der Waals surface area (Å²) in [4.78, 5) is 11.9. The highest BCUT2D eigenvalue weighted by Gasteiger charge is 2.20. The molecular formula is C14H18BrClN2O. The third-order valence-corrected chi connectivity index (χ3v) is 5.18. The third-order valence-electron chi connectivity index (χ3n) is 3.83. The van der Waals surface area contributed by atoms with Gasteiger partial charge in [0, 0.05) is 18.6 Å². The first-order chi connectivity index (χ1) is 8.88. The number of imidazole rings is 1. The maximum atomic E-state index is 11.9. The number of aromatic nitrogens is 2. The van der Waals surface area contributed by atoms with E-state index in [1.807, 2.05) is 12.1 Å². The first-order valence-corrected chi connectivity index (χ1v) is 7.60. The van der Waals surface area contributed by atoms with Crippen molar-refractivity contribution < 1.29 is 0 Å². The van der Waals surface area contributed by atoms with E-state index in [1.165, 1.54) is 0 Å². The first kappa shape index (κ1) is 14.7. The van der Waals surface area contributed by atoms with E-state index in [2.05, 4.69) is 29.8 Å². The van der Waals surface area contributed by atoms with Crippen LogP contribution in [-0.2, 0) is 14.1 Å². The van der Waals surface area contributed by atoms with Gasteiger partial charge in [0.15, 0.2) is 0 Å². The Kier molecular flexibility index (Phi) is 4.11. The molecule has 0 saturated heterocycles. The molecule has 0 N–H and O–H groups in total. The molecule has 3 nitrogen and oxygen atoms in total. The highest BCUT2D eigenvalue weighted by molar-refractivity contribution is 9.10. The van der Waals surface area contributed by atoms with Gasteiger partial charge in [-0.1, -0.05) is 36.2 Å². The molecule has 1 heterocycles. The van der Waals surface area contributed by atoms with E-state index in [0.717, 1.165) is 27.5 Å². The highest BCUT2D eigenvalue weighted by atomic mass is 79.9. The van der Waals surface area contributed by atoms with E-state index in [0.29, 0.717) is 5.92 Å². The Morgan fingerprint density at radius 2 is 1.79 bits per heavy atom. The average Bonchev–Trinajstić information content (AvgIpc) is 2.61. The van der Waals surface area contributed by atoms with Gasteiger partial charge in [0.2, 0.25) is 0 Å². The molecule has 0 aliphatic rings. The summed E-state index contributed by atoms with van der Waals surface area (Å²) in [5.41, 5.74) is 2.86. The fourth-order valence-electron chi connectivity index (χ4n) is 2.26. The van der Waals surface area contributed by atoms with E-state index in [4.69, 9.17) is 11.6 Å². The Bertz CT molecular complexity index is 674. The van der Waals surface area contributed by atoms with Crippen LogP contribution in [0.15, 0.2) is 21.4 Å². The Labute approximate surface area is 126 Å². The lowest BCUT2D eigenvalue weighted by molar-refractivity contribution is 0.541. The van der Waals surface area contributed by atoms with Gasteiger partial charge in [0.25, 0.3) is 0 Å². The Balaban J connectivity index is 2.68. The molecule has 2 rings (SSSR count). The van der Waals surface area contributed by atoms with E-state index in [1.54, 1.807) is 23.2 Å². The molecule has 2 aromatic rings. The zero-order chi connectivity index (χ0) is 14.3. The number of halogens is 2. The van der Waals surface area contributed by atoms with Gasteiger partial charge in [-0.05, 0) is 23.6 Å². The zero-order valence-electron chi connectivity index (χ0n) is 11.6. The predicted octanol–water partition coefficient (Wildman–Crippen LogP) is 3.97. The number of benzene rings is 1. The summed E-state index contributed by atoms with van der Waals surface area (Å²) in [6.07, 6.45) is 1.02. The first-order valence-electron chi connectivity index (χ1n) is 6.37. The van der Waals surface area contributed by atoms with Gasteiger partial charge < -0.3 is 0 Å². The second-order valence-corrected chi connectivity index (χ2v) is 6.37. The van der Waals surface area contributed by atoms with Crippen LogP contribution in [0.25, 0.3) is 11.0 Å². The van der Waals surface area contributed by atoms with Crippen LogP contribution in [0.4, 0.5) is 0 Å². The fraction of sp³-hybridized carbons (Fsp3) is 0.500. The maximum absolute atomic E-state index is 11.9. The molecule has 0 bridgehead atoms. The Hall–Kier alpha value is -0.740. The Morgan fingerprint density at radius 1 is 1.26 bits per heavy atom. The number of fused-ring (bicyclic) bond motifs is 1. The molecule has 19 heavy (non-hydrogen) atoms. The molecule has 0 spiro atoms. The third kappa shape index (κ3) is 2.36. The van der Waals surface area contributed by atoms with Crippen molar-refractivity contribution in [2.24, 2.45) is 20.0 Å². The molecule has 2 atom stereocenters. The van der Waals surface area contributed by atoms with Crippen molar-refractivity contribution in [2.75, 3.05) is 0 Å². The van der Waals surface area contributed by atoms with Crippen LogP contribution in [0, 0.1) is 5.92 Å². The van der Waals surface area contributed by atoms with Gasteiger partial charge in [-0.3, -0.25) is 9.13 Å². The van der Waals surface area contributed by atoms with Crippen LogP contribution in [-0.4, -0.2) is 9.13 Å². The van der Waals surface area contributed by atoms with E-state index < -0.39 is 0 Å². The molecular weight excluding hydrogens is 328 g/mol. The standard InChI is InChI=1S/C14H18BrClN2O/c1-5-8(2)13(16)9-6-11-12(7-10(9)15)18(4)14(19)17(11)3/h6-8,13H,5H2,1-4H3. The van der Waals surface area contributed by atoms with Gasteiger partial charge in [-0.15, -0.1) is 11.6 Å². The van der Waals surface area contributed by atoms with Gasteiger partial charge in [-0.25, -0.2) is 4.79 Å². The van der Waals surface area contributed by atoms with Crippen LogP contribution < -0.4 is 5.69 Å². The van der Waals surface area contributed by atoms with Crippen LogP contribution in [0.2, 0.25) is 0 Å². The molecule has 0 saturated carbocycles. The Morgan fingerprint density at radius 3 is 2.32 bits per heavy atom. The molecule has 0 radical (unpaired) electrons. The van der Waals surface area contributed by atoms with Crippen molar-refractivity contribution in [1.29, 1.82) is 0 Å². The van der Waals surface area contributed by atoms with Crippen molar-refractivity contribution >= 4 is 38.6 Å². The molecule has 0 amide bonds. The predicted molar refractivity (Wildman–Crippen MR) is 83.9 cm³/mol. The van der Waals surface area contributed by atoms with Gasteiger partial charge in [0.1, 0.15) is 0 Å². The zero-order valence-corrected chi connectivity index (χ0v) is 13.9. The average molecular weight is 346 g/mol. The highest BCUT2D eigenvalue weighted by Crippen LogP contribution is 2.37. The number of aryl methyl sites for hydroxylation is 2. The molecule has 2 unspecified atom stereocenters. The van der Waals surface area contributed by atoms with Crippen LogP contribution in [0.5, 0.6) is 0 Å². The van der Waals surface area contributed by atoms with Crippen molar-refractivity contribution in [1.82, 2.24) is 9.13 Å². The van der Waals surface area contributed by atoms with Gasteiger partial charge in [-0.2, -0.15) is 0 Å². The second kappa shape index (κ2) is 5.33. The fourth-order valence-corrected chi connectivity index (χ4v) is 3.33. The van der Waals surface area contributed by atoms with Crippen molar-refractivity contribution in [3.05, 3.63) is 32.7 Å². The number of hydrogen-bond donors (Lipinski definition) is 0. The quantitative estimate of drug-likeness (QED) is 0.773. The summed E-state index contributed by atoms with van der Waals surface area (Å²) in [5.74, 6) is 0.385. The summed E-state index contributed by atoms with van der Waals surface area (Å²) in [6, 6.07) is 3.99. The largest absolute Gasteiger partial charge is 0.328 e. The monoisotopic (exact) mass is 344 g/mol. The van der Waals surface area contributed by atoms with Gasteiger partial charge in [0.05, 0.1) is 16.4 Å². The molecule has 1 aromatic carbocycles.